The number of aryl methyl sites for hydroxylation is 1. The van der Waals surface area contributed by atoms with E-state index in [1.54, 1.807) is 18.2 Å². The molecule has 108 valence electrons. The van der Waals surface area contributed by atoms with Crippen molar-refractivity contribution in [2.75, 3.05) is 0 Å². The molecule has 0 unspecified atom stereocenters. The third-order valence-electron chi connectivity index (χ3n) is 2.87. The molecule has 0 saturated heterocycles. The zero-order valence-corrected chi connectivity index (χ0v) is 12.9. The van der Waals surface area contributed by atoms with Gasteiger partial charge in [-0.3, -0.25) is 4.79 Å². The van der Waals surface area contributed by atoms with E-state index in [0.29, 0.717) is 18.4 Å². The maximum absolute atomic E-state index is 11.7. The van der Waals surface area contributed by atoms with Gasteiger partial charge in [-0.2, -0.15) is 5.10 Å². The van der Waals surface area contributed by atoms with E-state index in [2.05, 4.69) is 26.5 Å². The second-order valence-corrected chi connectivity index (χ2v) is 5.40. The summed E-state index contributed by atoms with van der Waals surface area (Å²) in [5, 5.41) is 13.5. The van der Waals surface area contributed by atoms with Crippen molar-refractivity contribution in [3.8, 4) is 5.75 Å². The van der Waals surface area contributed by atoms with Gasteiger partial charge in [0.15, 0.2) is 0 Å². The normalized spacial score (nSPS) is 10.7. The Morgan fingerprint density at radius 2 is 2.00 bits per heavy atom. The van der Waals surface area contributed by atoms with Gasteiger partial charge < -0.3 is 5.11 Å². The Balaban J connectivity index is 1.83. The number of nitrogens with zero attached hydrogens (tertiary/aromatic N) is 1. The summed E-state index contributed by atoms with van der Waals surface area (Å²) in [7, 11) is 0. The molecule has 1 amide bonds. The smallest absolute Gasteiger partial charge is 0.240 e. The number of halogens is 1. The first-order valence-corrected chi connectivity index (χ1v) is 7.29. The highest BCUT2D eigenvalue weighted by Crippen LogP contribution is 2.19. The minimum atomic E-state index is -0.162. The summed E-state index contributed by atoms with van der Waals surface area (Å²) in [4.78, 5) is 11.7. The molecule has 0 saturated carbocycles. The molecule has 2 aromatic rings. The number of nitrogens with one attached hydrogen (secondary N) is 1. The summed E-state index contributed by atoms with van der Waals surface area (Å²) >= 11 is 3.31. The fourth-order valence-corrected chi connectivity index (χ4v) is 2.14. The minimum absolute atomic E-state index is 0.112. The molecule has 2 N–H and O–H groups in total. The standard InChI is InChI=1S/C16H15BrN2O2/c17-14-7-8-15(20)13(10-14)11-18-19-16(21)9-6-12-4-2-1-3-5-12/h1-5,7-8,10-11,20H,6,9H2,(H,19,21)/b18-11+. The van der Waals surface area contributed by atoms with Crippen LogP contribution >= 0.6 is 15.9 Å². The largest absolute Gasteiger partial charge is 0.507 e. The van der Waals surface area contributed by atoms with Gasteiger partial charge in [0.1, 0.15) is 5.75 Å². The fraction of sp³-hybridized carbons (Fsp3) is 0.125. The maximum Gasteiger partial charge on any atom is 0.240 e. The molecule has 2 rings (SSSR count). The van der Waals surface area contributed by atoms with Crippen molar-refractivity contribution in [1.82, 2.24) is 5.43 Å². The number of phenols is 1. The zero-order chi connectivity index (χ0) is 15.1. The van der Waals surface area contributed by atoms with Gasteiger partial charge >= 0.3 is 0 Å². The van der Waals surface area contributed by atoms with Gasteiger partial charge in [-0.1, -0.05) is 46.3 Å². The predicted molar refractivity (Wildman–Crippen MR) is 86.3 cm³/mol. The van der Waals surface area contributed by atoms with Gasteiger partial charge in [-0.25, -0.2) is 5.43 Å². The summed E-state index contributed by atoms with van der Waals surface area (Å²) in [5.41, 5.74) is 4.10. The number of hydrogen-bond donors (Lipinski definition) is 2. The first kappa shape index (κ1) is 15.3. The molecule has 0 aliphatic rings. The van der Waals surface area contributed by atoms with Crippen LogP contribution in [0.25, 0.3) is 0 Å². The van der Waals surface area contributed by atoms with Crippen molar-refractivity contribution < 1.29 is 9.90 Å². The monoisotopic (exact) mass is 346 g/mol. The van der Waals surface area contributed by atoms with Crippen LogP contribution in [0, 0.1) is 0 Å². The lowest BCUT2D eigenvalue weighted by Crippen LogP contribution is -2.17. The van der Waals surface area contributed by atoms with Crippen LogP contribution in [-0.2, 0) is 11.2 Å². The summed E-state index contributed by atoms with van der Waals surface area (Å²) in [6.07, 6.45) is 2.46. The highest BCUT2D eigenvalue weighted by molar-refractivity contribution is 9.10. The van der Waals surface area contributed by atoms with E-state index < -0.39 is 0 Å². The first-order chi connectivity index (χ1) is 10.1. The number of carbonyl (C=O) groups is 1. The van der Waals surface area contributed by atoms with Crippen LogP contribution < -0.4 is 5.43 Å². The lowest BCUT2D eigenvalue weighted by Gasteiger charge is -2.01. The lowest BCUT2D eigenvalue weighted by atomic mass is 10.1. The Hall–Kier alpha value is -2.14. The minimum Gasteiger partial charge on any atom is -0.507 e. The molecule has 0 aliphatic carbocycles. The molecule has 2 aromatic carbocycles. The van der Waals surface area contributed by atoms with E-state index in [0.717, 1.165) is 10.0 Å². The van der Waals surface area contributed by atoms with E-state index in [9.17, 15) is 9.90 Å². The molecule has 0 aliphatic heterocycles. The molecule has 0 spiro atoms. The van der Waals surface area contributed by atoms with Crippen LogP contribution in [0.15, 0.2) is 58.1 Å². The Morgan fingerprint density at radius 1 is 1.24 bits per heavy atom. The number of hydrazone groups is 1. The van der Waals surface area contributed by atoms with Crippen molar-refractivity contribution in [3.63, 3.8) is 0 Å². The maximum atomic E-state index is 11.7. The summed E-state index contributed by atoms with van der Waals surface area (Å²) in [5.74, 6) is -0.0509. The van der Waals surface area contributed by atoms with Crippen LogP contribution in [0.1, 0.15) is 17.5 Å². The van der Waals surface area contributed by atoms with Crippen LogP contribution in [0.5, 0.6) is 5.75 Å². The Bertz CT molecular complexity index is 642. The van der Waals surface area contributed by atoms with E-state index in [1.807, 2.05) is 30.3 Å². The quantitative estimate of drug-likeness (QED) is 0.644. The number of hydrogen-bond acceptors (Lipinski definition) is 3. The summed E-state index contributed by atoms with van der Waals surface area (Å²) in [6.45, 7) is 0. The van der Waals surface area contributed by atoms with E-state index in [-0.39, 0.29) is 11.7 Å². The molecule has 0 fully saturated rings. The molecular formula is C16H15BrN2O2. The van der Waals surface area contributed by atoms with Crippen LogP contribution in [-0.4, -0.2) is 17.2 Å². The zero-order valence-electron chi connectivity index (χ0n) is 11.3. The van der Waals surface area contributed by atoms with Gasteiger partial charge in [0, 0.05) is 16.5 Å². The second kappa shape index (κ2) is 7.59. The van der Waals surface area contributed by atoms with Crippen LogP contribution in [0.3, 0.4) is 0 Å². The third kappa shape index (κ3) is 5.04. The van der Waals surface area contributed by atoms with Crippen molar-refractivity contribution in [2.24, 2.45) is 5.10 Å². The second-order valence-electron chi connectivity index (χ2n) is 4.48. The Kier molecular flexibility index (Phi) is 5.51. The van der Waals surface area contributed by atoms with Crippen LogP contribution in [0.2, 0.25) is 0 Å². The average Bonchev–Trinajstić information content (AvgIpc) is 2.50. The molecular weight excluding hydrogens is 332 g/mol. The highest BCUT2D eigenvalue weighted by atomic mass is 79.9. The predicted octanol–water partition coefficient (Wildman–Crippen LogP) is 3.24. The number of benzene rings is 2. The molecule has 0 heterocycles. The van der Waals surface area contributed by atoms with Gasteiger partial charge in [-0.05, 0) is 30.2 Å². The topological polar surface area (TPSA) is 61.7 Å². The number of rotatable bonds is 5. The van der Waals surface area contributed by atoms with Gasteiger partial charge in [-0.15, -0.1) is 0 Å². The molecule has 0 aromatic heterocycles. The van der Waals surface area contributed by atoms with E-state index in [4.69, 9.17) is 0 Å². The number of amides is 1. The first-order valence-electron chi connectivity index (χ1n) is 6.49. The number of aromatic hydroxyl groups is 1. The summed E-state index contributed by atoms with van der Waals surface area (Å²) in [6, 6.07) is 14.8. The Labute approximate surface area is 131 Å². The molecule has 4 nitrogen and oxygen atoms in total. The van der Waals surface area contributed by atoms with Gasteiger partial charge in [0.05, 0.1) is 6.21 Å². The van der Waals surface area contributed by atoms with Crippen molar-refractivity contribution in [3.05, 3.63) is 64.1 Å². The van der Waals surface area contributed by atoms with Crippen molar-refractivity contribution >= 4 is 28.1 Å². The fourth-order valence-electron chi connectivity index (χ4n) is 1.76. The molecule has 0 bridgehead atoms. The SMILES string of the molecule is O=C(CCc1ccccc1)N/N=C/c1cc(Br)ccc1O. The number of phenolic OH excluding ortho intramolecular Hbond substituents is 1. The van der Waals surface area contributed by atoms with E-state index >= 15 is 0 Å². The van der Waals surface area contributed by atoms with Gasteiger partial charge in [0.25, 0.3) is 0 Å². The lowest BCUT2D eigenvalue weighted by molar-refractivity contribution is -0.121. The van der Waals surface area contributed by atoms with Crippen LogP contribution in [0.4, 0.5) is 0 Å². The van der Waals surface area contributed by atoms with Crippen molar-refractivity contribution in [2.45, 2.75) is 12.8 Å². The molecule has 5 heteroatoms. The summed E-state index contributed by atoms with van der Waals surface area (Å²) < 4.78 is 0.831. The van der Waals surface area contributed by atoms with Gasteiger partial charge in [0.2, 0.25) is 5.91 Å². The molecule has 0 radical (unpaired) electrons. The Morgan fingerprint density at radius 3 is 2.76 bits per heavy atom. The molecule has 21 heavy (non-hydrogen) atoms. The van der Waals surface area contributed by atoms with Crippen molar-refractivity contribution in [1.29, 1.82) is 0 Å². The average molecular weight is 347 g/mol. The highest BCUT2D eigenvalue weighted by Gasteiger charge is 2.01. The van der Waals surface area contributed by atoms with E-state index in [1.165, 1.54) is 6.21 Å². The molecule has 0 atom stereocenters. The number of carbonyl (C=O) groups excluding carboxylic acids is 1. The third-order valence-corrected chi connectivity index (χ3v) is 3.36.